The Kier molecular flexibility index (Phi) is 10.3. The molecule has 3 rings (SSSR count). The number of piperidine rings is 1. The summed E-state index contributed by atoms with van der Waals surface area (Å²) in [6.45, 7) is 6.64. The van der Waals surface area contributed by atoms with Gasteiger partial charge in [0, 0.05) is 38.3 Å². The third kappa shape index (κ3) is 7.09. The van der Waals surface area contributed by atoms with E-state index in [0.717, 1.165) is 31.0 Å². The van der Waals surface area contributed by atoms with Crippen LogP contribution >= 0.6 is 35.7 Å². The van der Waals surface area contributed by atoms with Crippen LogP contribution in [0.4, 0.5) is 0 Å². The average molecular weight is 481 g/mol. The van der Waals surface area contributed by atoms with Gasteiger partial charge in [0.15, 0.2) is 5.96 Å². The fraction of sp³-hybridized carbons (Fsp3) is 0.947. The second-order valence-electron chi connectivity index (χ2n) is 7.67. The first kappa shape index (κ1) is 21.6. The average Bonchev–Trinajstić information content (AvgIpc) is 3.16. The van der Waals surface area contributed by atoms with E-state index in [1.165, 1.54) is 76.0 Å². The van der Waals surface area contributed by atoms with Crippen molar-refractivity contribution in [2.75, 3.05) is 37.7 Å². The second-order valence-corrected chi connectivity index (χ2v) is 8.89. The van der Waals surface area contributed by atoms with Gasteiger partial charge in [0.1, 0.15) is 0 Å². The fourth-order valence-corrected chi connectivity index (χ4v) is 5.55. The fourth-order valence-electron chi connectivity index (χ4n) is 4.34. The van der Waals surface area contributed by atoms with Gasteiger partial charge >= 0.3 is 0 Å². The van der Waals surface area contributed by atoms with Crippen LogP contribution in [0.3, 0.4) is 0 Å². The van der Waals surface area contributed by atoms with Gasteiger partial charge in [-0.15, -0.1) is 24.0 Å². The van der Waals surface area contributed by atoms with Gasteiger partial charge in [0.2, 0.25) is 0 Å². The summed E-state index contributed by atoms with van der Waals surface area (Å²) in [5.41, 5.74) is 0. The van der Waals surface area contributed by atoms with Crippen LogP contribution in [0.25, 0.3) is 0 Å². The molecular formula is C19H37IN4S. The van der Waals surface area contributed by atoms with Crippen LogP contribution in [0.1, 0.15) is 58.3 Å². The molecule has 0 amide bonds. The van der Waals surface area contributed by atoms with E-state index in [0.29, 0.717) is 6.04 Å². The summed E-state index contributed by atoms with van der Waals surface area (Å²) in [7, 11) is 0. The van der Waals surface area contributed by atoms with Crippen molar-refractivity contribution in [1.29, 1.82) is 0 Å². The number of nitrogens with zero attached hydrogens (tertiary/aromatic N) is 2. The number of aliphatic imine (C=N–C) groups is 1. The van der Waals surface area contributed by atoms with E-state index in [-0.39, 0.29) is 24.0 Å². The number of guanidine groups is 1. The molecule has 0 aromatic heterocycles. The maximum absolute atomic E-state index is 4.90. The summed E-state index contributed by atoms with van der Waals surface area (Å²) in [5.74, 6) is 4.49. The summed E-state index contributed by atoms with van der Waals surface area (Å²) < 4.78 is 0. The molecule has 2 aliphatic heterocycles. The molecule has 3 fully saturated rings. The number of halogens is 1. The third-order valence-corrected chi connectivity index (χ3v) is 6.95. The molecule has 0 radical (unpaired) electrons. The highest BCUT2D eigenvalue weighted by molar-refractivity contribution is 14.0. The van der Waals surface area contributed by atoms with Crippen molar-refractivity contribution in [3.8, 4) is 0 Å². The molecule has 2 N–H and O–H groups in total. The van der Waals surface area contributed by atoms with Gasteiger partial charge in [0.25, 0.3) is 0 Å². The van der Waals surface area contributed by atoms with Crippen molar-refractivity contribution in [2.24, 2.45) is 10.9 Å². The number of hydrogen-bond donors (Lipinski definition) is 2. The summed E-state index contributed by atoms with van der Waals surface area (Å²) in [6, 6.07) is 1.49. The van der Waals surface area contributed by atoms with Crippen LogP contribution in [0.15, 0.2) is 4.99 Å². The van der Waals surface area contributed by atoms with Crippen molar-refractivity contribution >= 4 is 41.7 Å². The Morgan fingerprint density at radius 2 is 1.72 bits per heavy atom. The molecule has 0 aromatic rings. The maximum Gasteiger partial charge on any atom is 0.191 e. The van der Waals surface area contributed by atoms with Gasteiger partial charge in [-0.25, -0.2) is 0 Å². The molecule has 146 valence electrons. The second kappa shape index (κ2) is 11.9. The van der Waals surface area contributed by atoms with Crippen molar-refractivity contribution in [3.63, 3.8) is 0 Å². The van der Waals surface area contributed by atoms with Gasteiger partial charge in [-0.1, -0.05) is 12.8 Å². The highest BCUT2D eigenvalue weighted by atomic mass is 127. The highest BCUT2D eigenvalue weighted by Crippen LogP contribution is 2.26. The lowest BCUT2D eigenvalue weighted by molar-refractivity contribution is 0.150. The first-order chi connectivity index (χ1) is 11.8. The lowest BCUT2D eigenvalue weighted by Gasteiger charge is -2.36. The predicted octanol–water partition coefficient (Wildman–Crippen LogP) is 3.71. The van der Waals surface area contributed by atoms with Crippen molar-refractivity contribution in [2.45, 2.75) is 70.4 Å². The number of nitrogens with one attached hydrogen (secondary N) is 2. The zero-order valence-corrected chi connectivity index (χ0v) is 19.0. The van der Waals surface area contributed by atoms with E-state index in [9.17, 15) is 0 Å². The van der Waals surface area contributed by atoms with Crippen LogP contribution < -0.4 is 10.6 Å². The molecule has 1 saturated carbocycles. The minimum absolute atomic E-state index is 0. The number of hydrogen-bond acceptors (Lipinski definition) is 3. The van der Waals surface area contributed by atoms with Crippen LogP contribution in [0, 0.1) is 5.92 Å². The molecule has 2 heterocycles. The van der Waals surface area contributed by atoms with E-state index < -0.39 is 0 Å². The smallest absolute Gasteiger partial charge is 0.191 e. The minimum Gasteiger partial charge on any atom is -0.357 e. The van der Waals surface area contributed by atoms with Crippen molar-refractivity contribution < 1.29 is 0 Å². The molecule has 0 unspecified atom stereocenters. The van der Waals surface area contributed by atoms with E-state index >= 15 is 0 Å². The van der Waals surface area contributed by atoms with E-state index in [1.807, 2.05) is 0 Å². The molecule has 2 saturated heterocycles. The quantitative estimate of drug-likeness (QED) is 0.358. The number of likely N-dealkylation sites (tertiary alicyclic amines) is 1. The zero-order valence-electron chi connectivity index (χ0n) is 15.8. The summed E-state index contributed by atoms with van der Waals surface area (Å²) in [6.07, 6.45) is 11.0. The first-order valence-electron chi connectivity index (χ1n) is 10.2. The van der Waals surface area contributed by atoms with Crippen LogP contribution in [-0.4, -0.2) is 60.6 Å². The molecule has 0 spiro atoms. The molecule has 0 aromatic carbocycles. The Labute approximate surface area is 175 Å². The Hall–Kier alpha value is 0.310. The number of rotatable bonds is 5. The van der Waals surface area contributed by atoms with Gasteiger partial charge in [0.05, 0.1) is 0 Å². The van der Waals surface area contributed by atoms with Crippen LogP contribution in [0.2, 0.25) is 0 Å². The van der Waals surface area contributed by atoms with E-state index in [1.54, 1.807) is 0 Å². The van der Waals surface area contributed by atoms with Crippen molar-refractivity contribution in [3.05, 3.63) is 0 Å². The maximum atomic E-state index is 4.90. The monoisotopic (exact) mass is 480 g/mol. The molecule has 4 nitrogen and oxygen atoms in total. The largest absolute Gasteiger partial charge is 0.357 e. The molecule has 25 heavy (non-hydrogen) atoms. The summed E-state index contributed by atoms with van der Waals surface area (Å²) >= 11 is 2.10. The molecule has 0 bridgehead atoms. The Morgan fingerprint density at radius 3 is 2.36 bits per heavy atom. The standard InChI is InChI=1S/C19H36N4S.HI/c1-2-20-19(21-15-16-9-13-24-14-10-16)22-17-7-11-23(12-8-17)18-5-3-4-6-18;/h16-18H,2-15H2,1H3,(H2,20,21,22);1H. The minimum atomic E-state index is 0. The molecular weight excluding hydrogens is 443 g/mol. The SMILES string of the molecule is CCNC(=NCC1CCSCC1)NC1CCN(C2CCCC2)CC1.I. The van der Waals surface area contributed by atoms with Gasteiger partial charge in [-0.05, 0) is 62.9 Å². The van der Waals surface area contributed by atoms with Gasteiger partial charge < -0.3 is 15.5 Å². The molecule has 1 aliphatic carbocycles. The lowest BCUT2D eigenvalue weighted by atomic mass is 10.0. The zero-order chi connectivity index (χ0) is 16.6. The summed E-state index contributed by atoms with van der Waals surface area (Å²) in [4.78, 5) is 7.64. The van der Waals surface area contributed by atoms with Crippen molar-refractivity contribution in [1.82, 2.24) is 15.5 Å². The number of thioether (sulfide) groups is 1. The van der Waals surface area contributed by atoms with E-state index in [4.69, 9.17) is 4.99 Å². The first-order valence-corrected chi connectivity index (χ1v) is 11.4. The van der Waals surface area contributed by atoms with Crippen LogP contribution in [0.5, 0.6) is 0 Å². The third-order valence-electron chi connectivity index (χ3n) is 5.90. The molecule has 0 atom stereocenters. The normalized spacial score (nSPS) is 24.9. The molecule has 3 aliphatic rings. The Bertz CT molecular complexity index is 387. The van der Waals surface area contributed by atoms with Gasteiger partial charge in [-0.2, -0.15) is 11.8 Å². The van der Waals surface area contributed by atoms with Gasteiger partial charge in [-0.3, -0.25) is 4.99 Å². The molecule has 6 heteroatoms. The Morgan fingerprint density at radius 1 is 1.04 bits per heavy atom. The van der Waals surface area contributed by atoms with E-state index in [2.05, 4.69) is 34.2 Å². The Balaban J connectivity index is 0.00000225. The highest BCUT2D eigenvalue weighted by Gasteiger charge is 2.27. The lowest BCUT2D eigenvalue weighted by Crippen LogP contribution is -2.50. The topological polar surface area (TPSA) is 39.7 Å². The predicted molar refractivity (Wildman–Crippen MR) is 121 cm³/mol. The summed E-state index contributed by atoms with van der Waals surface area (Å²) in [5, 5.41) is 7.17. The van der Waals surface area contributed by atoms with Crippen LogP contribution in [-0.2, 0) is 0 Å².